The SMILES string of the molecule is O=[N+]([O-])OC[C@H](O)[C@@H](O)[C@H](O)[C@H](O)CO. The van der Waals surface area contributed by atoms with Crippen molar-refractivity contribution in [2.45, 2.75) is 24.4 Å². The molecule has 0 fully saturated rings. The van der Waals surface area contributed by atoms with E-state index in [1.54, 1.807) is 0 Å². The van der Waals surface area contributed by atoms with Gasteiger partial charge in [-0.15, -0.1) is 10.1 Å². The summed E-state index contributed by atoms with van der Waals surface area (Å²) in [5.74, 6) is 0. The van der Waals surface area contributed by atoms with E-state index in [1.807, 2.05) is 0 Å². The Hall–Kier alpha value is -1.00. The van der Waals surface area contributed by atoms with Crippen molar-refractivity contribution in [2.24, 2.45) is 0 Å². The maximum atomic E-state index is 9.72. The van der Waals surface area contributed by atoms with Crippen LogP contribution in [0.15, 0.2) is 0 Å². The lowest BCUT2D eigenvalue weighted by molar-refractivity contribution is -0.759. The fourth-order valence-electron chi connectivity index (χ4n) is 0.799. The van der Waals surface area contributed by atoms with Gasteiger partial charge in [0.1, 0.15) is 31.0 Å². The third-order valence-corrected chi connectivity index (χ3v) is 1.68. The smallest absolute Gasteiger partial charge is 0.294 e. The minimum atomic E-state index is -1.85. The fourth-order valence-corrected chi connectivity index (χ4v) is 0.799. The minimum Gasteiger partial charge on any atom is -0.394 e. The highest BCUT2D eigenvalue weighted by molar-refractivity contribution is 4.80. The van der Waals surface area contributed by atoms with Gasteiger partial charge in [0.05, 0.1) is 6.61 Å². The second-order valence-electron chi connectivity index (χ2n) is 2.82. The second-order valence-corrected chi connectivity index (χ2v) is 2.82. The molecular formula is C6H13NO8. The largest absolute Gasteiger partial charge is 0.394 e. The lowest BCUT2D eigenvalue weighted by Crippen LogP contribution is -2.47. The highest BCUT2D eigenvalue weighted by atomic mass is 17.0. The van der Waals surface area contributed by atoms with Crippen LogP contribution < -0.4 is 0 Å². The number of nitrogens with zero attached hydrogens (tertiary/aromatic N) is 1. The molecule has 0 amide bonds. The maximum absolute atomic E-state index is 9.72. The molecule has 0 saturated carbocycles. The summed E-state index contributed by atoms with van der Waals surface area (Å²) in [5, 5.41) is 53.1. The van der Waals surface area contributed by atoms with E-state index in [0.717, 1.165) is 0 Å². The fraction of sp³-hybridized carbons (Fsp3) is 1.00. The van der Waals surface area contributed by atoms with Crippen molar-refractivity contribution in [3.63, 3.8) is 0 Å². The molecule has 9 heteroatoms. The van der Waals surface area contributed by atoms with Crippen LogP contribution in [0.25, 0.3) is 0 Å². The lowest BCUT2D eigenvalue weighted by Gasteiger charge is -2.24. The molecule has 0 saturated heterocycles. The summed E-state index contributed by atoms with van der Waals surface area (Å²) in [4.78, 5) is 13.5. The Bertz CT molecular complexity index is 200. The van der Waals surface area contributed by atoms with Crippen LogP contribution in [0, 0.1) is 10.1 Å². The first-order valence-corrected chi connectivity index (χ1v) is 4.00. The van der Waals surface area contributed by atoms with Gasteiger partial charge in [0.25, 0.3) is 5.09 Å². The van der Waals surface area contributed by atoms with Crippen molar-refractivity contribution >= 4 is 0 Å². The minimum absolute atomic E-state index is 0.818. The Morgan fingerprint density at radius 3 is 2.00 bits per heavy atom. The van der Waals surface area contributed by atoms with E-state index >= 15 is 0 Å². The van der Waals surface area contributed by atoms with Gasteiger partial charge in [-0.25, -0.2) is 0 Å². The van der Waals surface area contributed by atoms with Gasteiger partial charge in [-0.2, -0.15) is 0 Å². The summed E-state index contributed by atoms with van der Waals surface area (Å²) >= 11 is 0. The van der Waals surface area contributed by atoms with Crippen LogP contribution in [0.5, 0.6) is 0 Å². The third kappa shape index (κ3) is 4.85. The topological polar surface area (TPSA) is 154 Å². The van der Waals surface area contributed by atoms with Gasteiger partial charge in [-0.1, -0.05) is 0 Å². The van der Waals surface area contributed by atoms with Crippen LogP contribution >= 0.6 is 0 Å². The first kappa shape index (κ1) is 14.0. The van der Waals surface area contributed by atoms with E-state index in [2.05, 4.69) is 4.84 Å². The number of aliphatic hydroxyl groups excluding tert-OH is 5. The van der Waals surface area contributed by atoms with E-state index < -0.39 is 42.7 Å². The normalized spacial score (nSPS) is 19.0. The van der Waals surface area contributed by atoms with E-state index in [-0.39, 0.29) is 0 Å². The number of rotatable bonds is 7. The summed E-state index contributed by atoms with van der Waals surface area (Å²) in [6.45, 7) is -1.66. The summed E-state index contributed by atoms with van der Waals surface area (Å²) in [6.07, 6.45) is -7.07. The van der Waals surface area contributed by atoms with Crippen molar-refractivity contribution in [1.29, 1.82) is 0 Å². The predicted molar refractivity (Wildman–Crippen MR) is 44.1 cm³/mol. The summed E-state index contributed by atoms with van der Waals surface area (Å²) in [7, 11) is 0. The molecule has 4 atom stereocenters. The number of hydrogen-bond donors (Lipinski definition) is 5. The van der Waals surface area contributed by atoms with Crippen molar-refractivity contribution in [2.75, 3.05) is 13.2 Å². The first-order valence-electron chi connectivity index (χ1n) is 4.00. The quantitative estimate of drug-likeness (QED) is 0.223. The molecule has 0 spiro atoms. The number of aliphatic hydroxyl groups is 5. The molecular weight excluding hydrogens is 214 g/mol. The second kappa shape index (κ2) is 6.48. The van der Waals surface area contributed by atoms with E-state index in [1.165, 1.54) is 0 Å². The molecule has 0 aliphatic heterocycles. The maximum Gasteiger partial charge on any atom is 0.294 e. The Morgan fingerprint density at radius 2 is 1.60 bits per heavy atom. The molecule has 0 unspecified atom stereocenters. The summed E-state index contributed by atoms with van der Waals surface area (Å²) < 4.78 is 0. The average molecular weight is 227 g/mol. The van der Waals surface area contributed by atoms with Crippen molar-refractivity contribution in [3.05, 3.63) is 10.1 Å². The van der Waals surface area contributed by atoms with Gasteiger partial charge in [0.2, 0.25) is 0 Å². The van der Waals surface area contributed by atoms with Crippen LogP contribution in [-0.4, -0.2) is 68.2 Å². The van der Waals surface area contributed by atoms with Crippen LogP contribution in [-0.2, 0) is 4.84 Å². The zero-order valence-electron chi connectivity index (χ0n) is 7.63. The molecule has 0 rings (SSSR count). The first-order chi connectivity index (χ1) is 6.90. The van der Waals surface area contributed by atoms with Crippen molar-refractivity contribution in [3.8, 4) is 0 Å². The van der Waals surface area contributed by atoms with E-state index in [0.29, 0.717) is 0 Å². The highest BCUT2D eigenvalue weighted by Crippen LogP contribution is 2.05. The van der Waals surface area contributed by atoms with Gasteiger partial charge in [-0.3, -0.25) is 0 Å². The predicted octanol–water partition coefficient (Wildman–Crippen LogP) is -3.37. The van der Waals surface area contributed by atoms with Gasteiger partial charge >= 0.3 is 0 Å². The summed E-state index contributed by atoms with van der Waals surface area (Å²) in [6, 6.07) is 0. The average Bonchev–Trinajstić information content (AvgIpc) is 2.22. The van der Waals surface area contributed by atoms with Crippen molar-refractivity contribution in [1.82, 2.24) is 0 Å². The molecule has 0 radical (unpaired) electrons. The molecule has 0 aliphatic rings. The highest BCUT2D eigenvalue weighted by Gasteiger charge is 2.30. The molecule has 0 aromatic heterocycles. The van der Waals surface area contributed by atoms with Crippen LogP contribution in [0.2, 0.25) is 0 Å². The Kier molecular flexibility index (Phi) is 6.05. The van der Waals surface area contributed by atoms with Gasteiger partial charge in [-0.05, 0) is 0 Å². The molecule has 90 valence electrons. The standard InChI is InChI=1S/C6H13NO8/c8-1-3(9)5(11)6(12)4(10)2-15-7(13)14/h3-6,8-12H,1-2H2/t3-,4+,5-,6-/m1/s1. The van der Waals surface area contributed by atoms with E-state index in [9.17, 15) is 10.1 Å². The van der Waals surface area contributed by atoms with Gasteiger partial charge < -0.3 is 30.4 Å². The number of hydrogen-bond acceptors (Lipinski definition) is 8. The molecule has 9 nitrogen and oxygen atoms in total. The van der Waals surface area contributed by atoms with Gasteiger partial charge in [0, 0.05) is 0 Å². The third-order valence-electron chi connectivity index (χ3n) is 1.68. The zero-order chi connectivity index (χ0) is 12.0. The van der Waals surface area contributed by atoms with Crippen LogP contribution in [0.3, 0.4) is 0 Å². The molecule has 5 N–H and O–H groups in total. The Balaban J connectivity index is 4.06. The zero-order valence-corrected chi connectivity index (χ0v) is 7.63. The molecule has 0 aromatic carbocycles. The molecule has 15 heavy (non-hydrogen) atoms. The molecule has 0 aliphatic carbocycles. The van der Waals surface area contributed by atoms with Crippen molar-refractivity contribution < 1.29 is 35.5 Å². The van der Waals surface area contributed by atoms with Gasteiger partial charge in [0.15, 0.2) is 0 Å². The van der Waals surface area contributed by atoms with Crippen LogP contribution in [0.1, 0.15) is 0 Å². The Labute approximate surface area is 84.3 Å². The monoisotopic (exact) mass is 227 g/mol. The lowest BCUT2D eigenvalue weighted by atomic mass is 10.0. The Morgan fingerprint density at radius 1 is 1.13 bits per heavy atom. The molecule has 0 bridgehead atoms. The summed E-state index contributed by atoms with van der Waals surface area (Å²) in [5.41, 5.74) is 0. The molecule has 0 aromatic rings. The molecule has 0 heterocycles. The van der Waals surface area contributed by atoms with Crippen LogP contribution in [0.4, 0.5) is 0 Å². The van der Waals surface area contributed by atoms with E-state index in [4.69, 9.17) is 25.5 Å².